The predicted molar refractivity (Wildman–Crippen MR) is 82.7 cm³/mol. The standard InChI is InChI=1S/C16H20FN3O2/c1-3-22-16(21)14-11-15(20(18-14)10-9-17)19(2)12-13-7-5-4-6-8-13/h4-8,11H,3,9-10,12H2,1-2H3. The van der Waals surface area contributed by atoms with E-state index in [1.165, 1.54) is 4.68 Å². The molecule has 0 aliphatic rings. The summed E-state index contributed by atoms with van der Waals surface area (Å²) in [5.41, 5.74) is 1.32. The lowest BCUT2D eigenvalue weighted by atomic mass is 10.2. The van der Waals surface area contributed by atoms with Crippen molar-refractivity contribution in [2.45, 2.75) is 20.0 Å². The fourth-order valence-electron chi connectivity index (χ4n) is 2.20. The van der Waals surface area contributed by atoms with E-state index in [-0.39, 0.29) is 18.8 Å². The summed E-state index contributed by atoms with van der Waals surface area (Å²) in [5, 5.41) is 4.14. The summed E-state index contributed by atoms with van der Waals surface area (Å²) in [4.78, 5) is 13.7. The van der Waals surface area contributed by atoms with Gasteiger partial charge >= 0.3 is 5.97 Å². The highest BCUT2D eigenvalue weighted by molar-refractivity contribution is 5.88. The number of ether oxygens (including phenoxy) is 1. The van der Waals surface area contributed by atoms with Crippen molar-refractivity contribution in [3.05, 3.63) is 47.7 Å². The van der Waals surface area contributed by atoms with E-state index in [1.54, 1.807) is 13.0 Å². The molecule has 0 radical (unpaired) electrons. The van der Waals surface area contributed by atoms with Gasteiger partial charge in [-0.15, -0.1) is 0 Å². The second kappa shape index (κ2) is 7.59. The Morgan fingerprint density at radius 2 is 2.09 bits per heavy atom. The Hall–Kier alpha value is -2.37. The molecule has 22 heavy (non-hydrogen) atoms. The van der Waals surface area contributed by atoms with Gasteiger partial charge in [0.1, 0.15) is 12.5 Å². The fraction of sp³-hybridized carbons (Fsp3) is 0.375. The molecule has 2 aromatic rings. The van der Waals surface area contributed by atoms with Crippen molar-refractivity contribution in [2.24, 2.45) is 0 Å². The summed E-state index contributed by atoms with van der Waals surface area (Å²) in [7, 11) is 1.88. The Morgan fingerprint density at radius 1 is 1.36 bits per heavy atom. The van der Waals surface area contributed by atoms with Gasteiger partial charge in [0.15, 0.2) is 5.69 Å². The SMILES string of the molecule is CCOC(=O)c1cc(N(C)Cc2ccccc2)n(CCF)n1. The number of nitrogens with zero attached hydrogens (tertiary/aromatic N) is 3. The average Bonchev–Trinajstić information content (AvgIpc) is 2.93. The van der Waals surface area contributed by atoms with Crippen LogP contribution in [0.2, 0.25) is 0 Å². The minimum absolute atomic E-state index is 0.105. The van der Waals surface area contributed by atoms with Crippen LogP contribution in [0.3, 0.4) is 0 Å². The van der Waals surface area contributed by atoms with Gasteiger partial charge in [-0.05, 0) is 12.5 Å². The summed E-state index contributed by atoms with van der Waals surface area (Å²) in [5.74, 6) is 0.194. The third kappa shape index (κ3) is 3.84. The Bertz CT molecular complexity index is 613. The maximum atomic E-state index is 12.7. The summed E-state index contributed by atoms with van der Waals surface area (Å²) in [6.07, 6.45) is 0. The molecule has 0 amide bonds. The lowest BCUT2D eigenvalue weighted by Crippen LogP contribution is -2.20. The second-order valence-corrected chi connectivity index (χ2v) is 4.86. The lowest BCUT2D eigenvalue weighted by Gasteiger charge is -2.19. The molecule has 0 aliphatic heterocycles. The van der Waals surface area contributed by atoms with Gasteiger partial charge in [0.05, 0.1) is 13.2 Å². The van der Waals surface area contributed by atoms with Crippen LogP contribution in [0.15, 0.2) is 36.4 Å². The van der Waals surface area contributed by atoms with E-state index in [0.717, 1.165) is 5.56 Å². The van der Waals surface area contributed by atoms with Crippen LogP contribution in [-0.2, 0) is 17.8 Å². The van der Waals surface area contributed by atoms with Gasteiger partial charge in [-0.25, -0.2) is 13.9 Å². The van der Waals surface area contributed by atoms with Crippen molar-refractivity contribution in [3.8, 4) is 0 Å². The van der Waals surface area contributed by atoms with Gasteiger partial charge in [-0.3, -0.25) is 0 Å². The first-order valence-electron chi connectivity index (χ1n) is 7.21. The number of benzene rings is 1. The van der Waals surface area contributed by atoms with Gasteiger partial charge in [-0.2, -0.15) is 5.10 Å². The van der Waals surface area contributed by atoms with Crippen LogP contribution in [0.1, 0.15) is 23.0 Å². The number of esters is 1. The first-order valence-corrected chi connectivity index (χ1v) is 7.21. The molecule has 0 atom stereocenters. The number of aromatic nitrogens is 2. The Morgan fingerprint density at radius 3 is 2.73 bits per heavy atom. The second-order valence-electron chi connectivity index (χ2n) is 4.86. The molecule has 1 heterocycles. The van der Waals surface area contributed by atoms with Crippen molar-refractivity contribution in [1.82, 2.24) is 9.78 Å². The van der Waals surface area contributed by atoms with E-state index < -0.39 is 12.6 Å². The zero-order valence-corrected chi connectivity index (χ0v) is 12.8. The van der Waals surface area contributed by atoms with Crippen molar-refractivity contribution in [1.29, 1.82) is 0 Å². The normalized spacial score (nSPS) is 10.5. The molecule has 0 unspecified atom stereocenters. The monoisotopic (exact) mass is 305 g/mol. The summed E-state index contributed by atoms with van der Waals surface area (Å²) in [6.45, 7) is 2.22. The van der Waals surface area contributed by atoms with Gasteiger partial charge in [-0.1, -0.05) is 30.3 Å². The van der Waals surface area contributed by atoms with Crippen LogP contribution in [0.5, 0.6) is 0 Å². The molecule has 0 N–H and O–H groups in total. The third-order valence-corrected chi connectivity index (χ3v) is 3.19. The van der Waals surface area contributed by atoms with E-state index >= 15 is 0 Å². The molecule has 0 spiro atoms. The van der Waals surface area contributed by atoms with E-state index in [2.05, 4.69) is 5.10 Å². The Balaban J connectivity index is 2.22. The fourth-order valence-corrected chi connectivity index (χ4v) is 2.20. The highest BCUT2D eigenvalue weighted by Crippen LogP contribution is 2.18. The molecule has 2 rings (SSSR count). The number of hydrogen-bond donors (Lipinski definition) is 0. The number of hydrogen-bond acceptors (Lipinski definition) is 4. The van der Waals surface area contributed by atoms with Crippen LogP contribution < -0.4 is 4.90 Å². The predicted octanol–water partition coefficient (Wildman–Crippen LogP) is 2.67. The van der Waals surface area contributed by atoms with Gasteiger partial charge in [0.2, 0.25) is 0 Å². The summed E-state index contributed by atoms with van der Waals surface area (Å²) in [6, 6.07) is 11.5. The average molecular weight is 305 g/mol. The summed E-state index contributed by atoms with van der Waals surface area (Å²) >= 11 is 0. The third-order valence-electron chi connectivity index (χ3n) is 3.19. The first kappa shape index (κ1) is 16.0. The van der Waals surface area contributed by atoms with Crippen LogP contribution >= 0.6 is 0 Å². The topological polar surface area (TPSA) is 47.4 Å². The summed E-state index contributed by atoms with van der Waals surface area (Å²) < 4.78 is 19.2. The molecule has 0 saturated carbocycles. The number of carbonyl (C=O) groups is 1. The number of anilines is 1. The molecule has 0 aliphatic carbocycles. The highest BCUT2D eigenvalue weighted by Gasteiger charge is 2.17. The lowest BCUT2D eigenvalue weighted by molar-refractivity contribution is 0.0518. The molecule has 0 fully saturated rings. The van der Waals surface area contributed by atoms with E-state index in [9.17, 15) is 9.18 Å². The maximum absolute atomic E-state index is 12.7. The molecule has 118 valence electrons. The van der Waals surface area contributed by atoms with Gasteiger partial charge in [0.25, 0.3) is 0 Å². The van der Waals surface area contributed by atoms with Crippen LogP contribution in [0.4, 0.5) is 10.2 Å². The van der Waals surface area contributed by atoms with Crippen LogP contribution in [0, 0.1) is 0 Å². The molecule has 5 nitrogen and oxygen atoms in total. The highest BCUT2D eigenvalue weighted by atomic mass is 19.1. The first-order chi connectivity index (χ1) is 10.7. The van der Waals surface area contributed by atoms with E-state index in [4.69, 9.17) is 4.74 Å². The molecule has 1 aromatic carbocycles. The number of halogens is 1. The number of alkyl halides is 1. The van der Waals surface area contributed by atoms with Crippen molar-refractivity contribution in [3.63, 3.8) is 0 Å². The van der Waals surface area contributed by atoms with Gasteiger partial charge in [0, 0.05) is 19.7 Å². The maximum Gasteiger partial charge on any atom is 0.358 e. The minimum Gasteiger partial charge on any atom is -0.461 e. The largest absolute Gasteiger partial charge is 0.461 e. The van der Waals surface area contributed by atoms with Crippen molar-refractivity contribution in [2.75, 3.05) is 25.2 Å². The number of aryl methyl sites for hydroxylation is 1. The number of carbonyl (C=O) groups excluding carboxylic acids is 1. The smallest absolute Gasteiger partial charge is 0.358 e. The molecular weight excluding hydrogens is 285 g/mol. The van der Waals surface area contributed by atoms with E-state index in [1.807, 2.05) is 42.3 Å². The molecule has 0 saturated heterocycles. The minimum atomic E-state index is -0.546. The van der Waals surface area contributed by atoms with Crippen molar-refractivity contribution >= 4 is 11.8 Å². The molecule has 6 heteroatoms. The quantitative estimate of drug-likeness (QED) is 0.738. The number of rotatable bonds is 7. The van der Waals surface area contributed by atoms with Crippen molar-refractivity contribution < 1.29 is 13.9 Å². The molecule has 1 aromatic heterocycles. The van der Waals surface area contributed by atoms with Gasteiger partial charge < -0.3 is 9.64 Å². The zero-order chi connectivity index (χ0) is 15.9. The Labute approximate surface area is 129 Å². The molecular formula is C16H20FN3O2. The Kier molecular flexibility index (Phi) is 5.52. The molecule has 0 bridgehead atoms. The zero-order valence-electron chi connectivity index (χ0n) is 12.8. The van der Waals surface area contributed by atoms with Crippen LogP contribution in [0.25, 0.3) is 0 Å². The van der Waals surface area contributed by atoms with E-state index in [0.29, 0.717) is 12.4 Å². The van der Waals surface area contributed by atoms with Crippen LogP contribution in [-0.4, -0.2) is 36.1 Å².